The van der Waals surface area contributed by atoms with Gasteiger partial charge in [-0.05, 0) is 82.6 Å². The van der Waals surface area contributed by atoms with Crippen LogP contribution in [-0.4, -0.2) is 50.7 Å². The Balaban J connectivity index is 1.05. The number of aromatic nitrogens is 4. The van der Waals surface area contributed by atoms with Crippen LogP contribution in [0.25, 0.3) is 64.7 Å². The molecule has 48 heavy (non-hydrogen) atoms. The Morgan fingerprint density at radius 1 is 0.812 bits per heavy atom. The summed E-state index contributed by atoms with van der Waals surface area (Å²) < 4.78 is 5.75. The molecule has 240 valence electrons. The van der Waals surface area contributed by atoms with E-state index in [0.29, 0.717) is 25.0 Å². The maximum absolute atomic E-state index is 12.4. The topological polar surface area (TPSA) is 130 Å². The molecule has 7 rings (SSSR count). The zero-order chi connectivity index (χ0) is 33.2. The highest BCUT2D eigenvalue weighted by molar-refractivity contribution is 7.65. The van der Waals surface area contributed by atoms with Crippen molar-refractivity contribution < 1.29 is 19.1 Å². The molecule has 2 unspecified atom stereocenters. The number of methoxy groups -OCH3 is 1. The van der Waals surface area contributed by atoms with Gasteiger partial charge < -0.3 is 20.0 Å². The molecule has 0 saturated carbocycles. The van der Waals surface area contributed by atoms with Crippen molar-refractivity contribution in [2.24, 2.45) is 0 Å². The predicted octanol–water partition coefficient (Wildman–Crippen LogP) is 7.47. The number of nitrogens with zero attached hydrogens (tertiary/aromatic N) is 2. The van der Waals surface area contributed by atoms with Gasteiger partial charge in [-0.25, -0.2) is 14.8 Å². The first kappa shape index (κ1) is 31.8. The number of aromatic amines is 2. The third kappa shape index (κ3) is 7.07. The highest BCUT2D eigenvalue weighted by Crippen LogP contribution is 2.37. The van der Waals surface area contributed by atoms with Crippen LogP contribution in [0.5, 0.6) is 0 Å². The fourth-order valence-corrected chi connectivity index (χ4v) is 8.27. The lowest BCUT2D eigenvalue weighted by Crippen LogP contribution is -2.24. The van der Waals surface area contributed by atoms with Crippen LogP contribution in [0.15, 0.2) is 85.1 Å². The van der Waals surface area contributed by atoms with Crippen LogP contribution in [-0.2, 0) is 14.3 Å². The fourth-order valence-electron chi connectivity index (χ4n) is 5.57. The van der Waals surface area contributed by atoms with E-state index < -0.39 is 6.09 Å². The van der Waals surface area contributed by atoms with Crippen LogP contribution in [0.4, 0.5) is 4.79 Å². The number of thiophene rings is 1. The van der Waals surface area contributed by atoms with Gasteiger partial charge in [0.15, 0.2) is 11.0 Å². The number of benzene rings is 4. The Labute approximate surface area is 283 Å². The molecule has 9 nitrogen and oxygen atoms in total. The molecule has 12 heteroatoms. The Hall–Kier alpha value is -4.75. The zero-order valence-corrected chi connectivity index (χ0v) is 29.0. The molecule has 3 heterocycles. The molecular formula is C36H31N5O4P2S. The fraction of sp³-hybridized carbons (Fsp3) is 0.139. The number of fused-ring (bicyclic) bond motifs is 3. The van der Waals surface area contributed by atoms with Crippen molar-refractivity contribution in [2.75, 3.05) is 13.7 Å². The van der Waals surface area contributed by atoms with Crippen molar-refractivity contribution in [2.45, 2.75) is 19.8 Å². The maximum atomic E-state index is 12.4. The molecule has 0 bridgehead atoms. The second-order valence-electron chi connectivity index (χ2n) is 11.4. The largest absolute Gasteiger partial charge is 0.453 e. The van der Waals surface area contributed by atoms with Crippen molar-refractivity contribution in [3.8, 4) is 32.8 Å². The van der Waals surface area contributed by atoms with E-state index in [1.54, 1.807) is 24.5 Å². The zero-order valence-electron chi connectivity index (χ0n) is 26.1. The Morgan fingerprint density at radius 3 is 2.33 bits per heavy atom. The number of nitrogens with one attached hydrogen (secondary N) is 3. The van der Waals surface area contributed by atoms with E-state index in [2.05, 4.69) is 103 Å². The molecular weight excluding hydrogens is 660 g/mol. The molecule has 3 aromatic heterocycles. The Bertz CT molecular complexity index is 2340. The number of hydrogen-bond acceptors (Lipinski definition) is 7. The molecule has 0 aliphatic heterocycles. The molecule has 2 atom stereocenters. The minimum Gasteiger partial charge on any atom is -0.453 e. The summed E-state index contributed by atoms with van der Waals surface area (Å²) in [5, 5.41) is 6.04. The molecule has 0 aliphatic rings. The number of carbonyl (C=O) groups excluding carboxylic acids is 3. The molecule has 0 radical (unpaired) electrons. The highest BCUT2D eigenvalue weighted by atomic mass is 32.1. The summed E-state index contributed by atoms with van der Waals surface area (Å²) in [6, 6.07) is 27.9. The molecule has 0 saturated heterocycles. The third-order valence-corrected chi connectivity index (χ3v) is 10.9. The molecule has 0 aliphatic carbocycles. The van der Waals surface area contributed by atoms with Crippen molar-refractivity contribution in [1.29, 1.82) is 0 Å². The first-order chi connectivity index (χ1) is 23.3. The lowest BCUT2D eigenvalue weighted by atomic mass is 9.99. The van der Waals surface area contributed by atoms with Gasteiger partial charge in [-0.15, -0.1) is 11.3 Å². The predicted molar refractivity (Wildman–Crippen MR) is 199 cm³/mol. The molecule has 1 amide bonds. The molecule has 4 aromatic carbocycles. The van der Waals surface area contributed by atoms with Crippen molar-refractivity contribution >= 4 is 88.7 Å². The maximum Gasteiger partial charge on any atom is 0.406 e. The van der Waals surface area contributed by atoms with Gasteiger partial charge >= 0.3 is 6.09 Å². The number of ether oxygens (including phenoxy) is 1. The smallest absolute Gasteiger partial charge is 0.406 e. The Morgan fingerprint density at radius 2 is 1.54 bits per heavy atom. The van der Waals surface area contributed by atoms with Gasteiger partial charge in [0.1, 0.15) is 11.1 Å². The second-order valence-corrected chi connectivity index (χ2v) is 15.1. The van der Waals surface area contributed by atoms with E-state index in [4.69, 9.17) is 0 Å². The lowest BCUT2D eigenvalue weighted by molar-refractivity contribution is -0.111. The molecule has 7 aromatic rings. The van der Waals surface area contributed by atoms with E-state index in [9.17, 15) is 14.4 Å². The van der Waals surface area contributed by atoms with Gasteiger partial charge in [0.05, 0.1) is 30.0 Å². The summed E-state index contributed by atoms with van der Waals surface area (Å²) in [6.45, 7) is 1.98. The summed E-state index contributed by atoms with van der Waals surface area (Å²) in [7, 11) is 1.29. The lowest BCUT2D eigenvalue weighted by Gasteiger charge is -2.06. The standard InChI is InChI=1S/C36H31N5O4P2S/c1-20(42)46-35-39-28-12-11-26(16-29(28)40-35)32-18-27-10-8-24(17-31(27)48-32)22-5-6-23-15-25(9-7-21(23)14-22)30-19-38-34(41-30)47-33(43)4-3-13-37-36(44)45-2/h5-12,14-19,46-47H,3-4,13H2,1-2H3,(H,37,44)(H,38,41)(H,39,40). The average Bonchev–Trinajstić information content (AvgIpc) is 3.83. The minimum absolute atomic E-state index is 0.0412. The molecule has 0 fully saturated rings. The number of alkyl carbamates (subject to hydrolysis) is 1. The van der Waals surface area contributed by atoms with Crippen molar-refractivity contribution in [3.05, 3.63) is 85.1 Å². The van der Waals surface area contributed by atoms with E-state index in [1.807, 2.05) is 6.07 Å². The number of hydrogen-bond donors (Lipinski definition) is 3. The van der Waals surface area contributed by atoms with Gasteiger partial charge in [0.25, 0.3) is 0 Å². The first-order valence-corrected chi connectivity index (χ1v) is 18.2. The summed E-state index contributed by atoms with van der Waals surface area (Å²) in [4.78, 5) is 51.9. The van der Waals surface area contributed by atoms with Crippen LogP contribution >= 0.6 is 28.5 Å². The Kier molecular flexibility index (Phi) is 9.13. The van der Waals surface area contributed by atoms with Gasteiger partial charge in [-0.3, -0.25) is 9.59 Å². The second kappa shape index (κ2) is 13.8. The van der Waals surface area contributed by atoms with Crippen LogP contribution in [0.3, 0.4) is 0 Å². The monoisotopic (exact) mass is 691 g/mol. The third-order valence-electron chi connectivity index (χ3n) is 7.93. The van der Waals surface area contributed by atoms with Gasteiger partial charge in [0.2, 0.25) is 0 Å². The number of rotatable bonds is 11. The summed E-state index contributed by atoms with van der Waals surface area (Å²) >= 11 is 1.76. The number of carbonyl (C=O) groups is 3. The van der Waals surface area contributed by atoms with Crippen LogP contribution < -0.4 is 16.4 Å². The quantitative estimate of drug-likeness (QED) is 0.0954. The van der Waals surface area contributed by atoms with Crippen LogP contribution in [0, 0.1) is 0 Å². The first-order valence-electron chi connectivity index (χ1n) is 15.3. The van der Waals surface area contributed by atoms with E-state index >= 15 is 0 Å². The van der Waals surface area contributed by atoms with Gasteiger partial charge in [-0.2, -0.15) is 0 Å². The van der Waals surface area contributed by atoms with Crippen LogP contribution in [0.2, 0.25) is 0 Å². The number of H-pyrrole nitrogens is 2. The number of imidazole rings is 2. The highest BCUT2D eigenvalue weighted by Gasteiger charge is 2.12. The van der Waals surface area contributed by atoms with Crippen LogP contribution in [0.1, 0.15) is 19.8 Å². The number of amides is 1. The SMILES string of the molecule is COC(=O)NCCCC(=O)Pc1ncc(-c2ccc3cc(-c4ccc5cc(-c6ccc7nc(PC(C)=O)[nH]c7c6)sc5c4)ccc3c2)[nH]1. The average molecular weight is 692 g/mol. The van der Waals surface area contributed by atoms with E-state index in [-0.39, 0.29) is 28.2 Å². The van der Waals surface area contributed by atoms with Gasteiger partial charge in [0, 0.05) is 45.3 Å². The van der Waals surface area contributed by atoms with Crippen molar-refractivity contribution in [3.63, 3.8) is 0 Å². The van der Waals surface area contributed by atoms with Gasteiger partial charge in [-0.1, -0.05) is 42.5 Å². The summed E-state index contributed by atoms with van der Waals surface area (Å²) in [5.74, 6) is 0. The summed E-state index contributed by atoms with van der Waals surface area (Å²) in [6.07, 6.45) is 2.20. The summed E-state index contributed by atoms with van der Waals surface area (Å²) in [5.41, 5.74) is 8.68. The van der Waals surface area contributed by atoms with E-state index in [0.717, 1.165) is 55.3 Å². The van der Waals surface area contributed by atoms with Crippen molar-refractivity contribution in [1.82, 2.24) is 25.3 Å². The minimum atomic E-state index is -0.495. The normalized spacial score (nSPS) is 11.9. The molecule has 0 spiro atoms. The van der Waals surface area contributed by atoms with E-state index in [1.165, 1.54) is 22.1 Å². The molecule has 3 N–H and O–H groups in total.